The van der Waals surface area contributed by atoms with E-state index in [0.717, 1.165) is 28.3 Å². The van der Waals surface area contributed by atoms with Crippen molar-refractivity contribution in [2.45, 2.75) is 6.42 Å². The van der Waals surface area contributed by atoms with Crippen LogP contribution in [0.4, 0.5) is 0 Å². The molecule has 0 aliphatic heterocycles. The van der Waals surface area contributed by atoms with Gasteiger partial charge in [-0.25, -0.2) is 4.98 Å². The molecule has 16 heavy (non-hydrogen) atoms. The third-order valence-electron chi connectivity index (χ3n) is 1.97. The Labute approximate surface area is 107 Å². The van der Waals surface area contributed by atoms with E-state index in [0.29, 0.717) is 5.15 Å². The molecule has 0 aliphatic rings. The van der Waals surface area contributed by atoms with Crippen LogP contribution in [0.2, 0.25) is 5.15 Å². The molecule has 0 unspecified atom stereocenters. The van der Waals surface area contributed by atoms with Crippen molar-refractivity contribution in [2.75, 3.05) is 5.33 Å². The van der Waals surface area contributed by atoms with Crippen molar-refractivity contribution in [3.05, 3.63) is 35.1 Å². The van der Waals surface area contributed by atoms with E-state index < -0.39 is 0 Å². The fraction of sp³-hybridized carbons (Fsp3) is 0.167. The van der Waals surface area contributed by atoms with Crippen LogP contribution in [0.5, 0.6) is 0 Å². The van der Waals surface area contributed by atoms with Gasteiger partial charge in [-0.2, -0.15) is 0 Å². The molecular weight excluding hydrogens is 288 g/mol. The average Bonchev–Trinajstić information content (AvgIpc) is 2.29. The Bertz CT molecular complexity index is 572. The molecule has 2 nitrogen and oxygen atoms in total. The Balaban J connectivity index is 2.40. The minimum Gasteiger partial charge on any atom is -0.251 e. The Morgan fingerprint density at radius 2 is 2.19 bits per heavy atom. The molecule has 1 aromatic heterocycles. The zero-order valence-corrected chi connectivity index (χ0v) is 10.7. The summed E-state index contributed by atoms with van der Waals surface area (Å²) in [6, 6.07) is 5.73. The second kappa shape index (κ2) is 5.29. The van der Waals surface area contributed by atoms with Crippen LogP contribution in [-0.4, -0.2) is 15.3 Å². The van der Waals surface area contributed by atoms with Gasteiger partial charge in [-0.1, -0.05) is 39.4 Å². The molecule has 0 saturated carbocycles. The third kappa shape index (κ3) is 2.72. The molecule has 0 bridgehead atoms. The van der Waals surface area contributed by atoms with Gasteiger partial charge in [-0.3, -0.25) is 4.98 Å². The van der Waals surface area contributed by atoms with E-state index in [1.807, 2.05) is 18.2 Å². The minimum atomic E-state index is 0.401. The molecule has 2 rings (SSSR count). The number of rotatable bonds is 1. The van der Waals surface area contributed by atoms with E-state index >= 15 is 0 Å². The molecule has 0 aliphatic carbocycles. The highest BCUT2D eigenvalue weighted by atomic mass is 79.9. The van der Waals surface area contributed by atoms with Crippen molar-refractivity contribution in [1.82, 2.24) is 9.97 Å². The molecule has 0 atom stereocenters. The molecule has 0 N–H and O–H groups in total. The van der Waals surface area contributed by atoms with Crippen molar-refractivity contribution in [3.63, 3.8) is 0 Å². The molecule has 80 valence electrons. The van der Waals surface area contributed by atoms with Crippen LogP contribution in [0, 0.1) is 11.8 Å². The number of nitrogens with zero attached hydrogens (tertiary/aromatic N) is 2. The van der Waals surface area contributed by atoms with Crippen LogP contribution >= 0.6 is 27.5 Å². The molecular formula is C12H8BrClN2. The summed E-state index contributed by atoms with van der Waals surface area (Å²) in [6.07, 6.45) is 2.37. The topological polar surface area (TPSA) is 25.8 Å². The predicted octanol–water partition coefficient (Wildman–Crippen LogP) is 3.42. The molecule has 1 aromatic carbocycles. The van der Waals surface area contributed by atoms with Gasteiger partial charge in [0.2, 0.25) is 0 Å². The summed E-state index contributed by atoms with van der Waals surface area (Å²) in [5.74, 6) is 6.12. The fourth-order valence-electron chi connectivity index (χ4n) is 1.28. The van der Waals surface area contributed by atoms with E-state index in [1.165, 1.54) is 0 Å². The predicted molar refractivity (Wildman–Crippen MR) is 69.8 cm³/mol. The number of hydrogen-bond donors (Lipinski definition) is 0. The van der Waals surface area contributed by atoms with Crippen LogP contribution in [-0.2, 0) is 0 Å². The van der Waals surface area contributed by atoms with Crippen LogP contribution < -0.4 is 0 Å². The number of hydrogen-bond acceptors (Lipinski definition) is 2. The number of benzene rings is 1. The minimum absolute atomic E-state index is 0.401. The van der Waals surface area contributed by atoms with Gasteiger partial charge >= 0.3 is 0 Å². The van der Waals surface area contributed by atoms with Gasteiger partial charge in [0.1, 0.15) is 5.15 Å². The quantitative estimate of drug-likeness (QED) is 0.595. The highest BCUT2D eigenvalue weighted by Crippen LogP contribution is 2.13. The first kappa shape index (κ1) is 11.4. The average molecular weight is 296 g/mol. The highest BCUT2D eigenvalue weighted by molar-refractivity contribution is 9.09. The van der Waals surface area contributed by atoms with Gasteiger partial charge in [0, 0.05) is 17.3 Å². The molecule has 0 fully saturated rings. The Morgan fingerprint density at radius 1 is 1.31 bits per heavy atom. The van der Waals surface area contributed by atoms with Crippen LogP contribution in [0.1, 0.15) is 12.0 Å². The van der Waals surface area contributed by atoms with Crippen LogP contribution in [0.3, 0.4) is 0 Å². The zero-order chi connectivity index (χ0) is 11.4. The van der Waals surface area contributed by atoms with Crippen molar-refractivity contribution < 1.29 is 0 Å². The summed E-state index contributed by atoms with van der Waals surface area (Å²) >= 11 is 9.11. The molecule has 4 heteroatoms. The fourth-order valence-corrected chi connectivity index (χ4v) is 1.62. The second-order valence-corrected chi connectivity index (χ2v) is 4.32. The lowest BCUT2D eigenvalue weighted by Crippen LogP contribution is -1.85. The smallest absolute Gasteiger partial charge is 0.148 e. The van der Waals surface area contributed by atoms with Crippen molar-refractivity contribution in [2.24, 2.45) is 0 Å². The summed E-state index contributed by atoms with van der Waals surface area (Å²) in [5.41, 5.74) is 2.54. The van der Waals surface area contributed by atoms with Crippen molar-refractivity contribution in [3.8, 4) is 11.8 Å². The largest absolute Gasteiger partial charge is 0.251 e. The van der Waals surface area contributed by atoms with Gasteiger partial charge < -0.3 is 0 Å². The maximum absolute atomic E-state index is 5.78. The SMILES string of the molecule is Clc1cnc2ccc(C#CCCBr)cc2n1. The molecule has 0 saturated heterocycles. The highest BCUT2D eigenvalue weighted by Gasteiger charge is 1.98. The van der Waals surface area contributed by atoms with Gasteiger partial charge in [0.05, 0.1) is 17.2 Å². The van der Waals surface area contributed by atoms with Gasteiger partial charge in [0.15, 0.2) is 0 Å². The van der Waals surface area contributed by atoms with Crippen molar-refractivity contribution >= 4 is 38.6 Å². The summed E-state index contributed by atoms with van der Waals surface area (Å²) in [5, 5.41) is 1.29. The van der Waals surface area contributed by atoms with Crippen molar-refractivity contribution in [1.29, 1.82) is 0 Å². The van der Waals surface area contributed by atoms with E-state index in [2.05, 4.69) is 37.7 Å². The first-order valence-corrected chi connectivity index (χ1v) is 6.26. The first-order valence-electron chi connectivity index (χ1n) is 4.77. The lowest BCUT2D eigenvalue weighted by atomic mass is 10.2. The lowest BCUT2D eigenvalue weighted by molar-refractivity contribution is 1.29. The maximum Gasteiger partial charge on any atom is 0.148 e. The van der Waals surface area contributed by atoms with Gasteiger partial charge in [-0.15, -0.1) is 0 Å². The standard InChI is InChI=1S/C12H8BrClN2/c13-6-2-1-3-9-4-5-10-11(7-9)16-12(14)8-15-10/h4-5,7-8H,2,6H2. The third-order valence-corrected chi connectivity index (χ3v) is 2.54. The summed E-state index contributed by atoms with van der Waals surface area (Å²) in [6.45, 7) is 0. The lowest BCUT2D eigenvalue weighted by Gasteiger charge is -1.97. The van der Waals surface area contributed by atoms with E-state index in [1.54, 1.807) is 6.20 Å². The second-order valence-electron chi connectivity index (χ2n) is 3.14. The van der Waals surface area contributed by atoms with Gasteiger partial charge in [0.25, 0.3) is 0 Å². The molecule has 0 amide bonds. The van der Waals surface area contributed by atoms with Crippen LogP contribution in [0.15, 0.2) is 24.4 Å². The monoisotopic (exact) mass is 294 g/mol. The summed E-state index contributed by atoms with van der Waals surface area (Å²) in [7, 11) is 0. The number of fused-ring (bicyclic) bond motifs is 1. The first-order chi connectivity index (χ1) is 7.79. The molecule has 2 aromatic rings. The normalized spacial score (nSPS) is 9.88. The molecule has 0 radical (unpaired) electrons. The summed E-state index contributed by atoms with van der Waals surface area (Å²) in [4.78, 5) is 8.36. The Morgan fingerprint density at radius 3 is 3.00 bits per heavy atom. The summed E-state index contributed by atoms with van der Waals surface area (Å²) < 4.78 is 0. The number of halogens is 2. The molecule has 1 heterocycles. The molecule has 0 spiro atoms. The van der Waals surface area contributed by atoms with Crippen LogP contribution in [0.25, 0.3) is 11.0 Å². The van der Waals surface area contributed by atoms with E-state index in [4.69, 9.17) is 11.6 Å². The van der Waals surface area contributed by atoms with E-state index in [9.17, 15) is 0 Å². The Kier molecular flexibility index (Phi) is 3.76. The Hall–Kier alpha value is -1.11. The van der Waals surface area contributed by atoms with Gasteiger partial charge in [-0.05, 0) is 18.2 Å². The maximum atomic E-state index is 5.78. The van der Waals surface area contributed by atoms with E-state index in [-0.39, 0.29) is 0 Å². The number of alkyl halides is 1. The number of aromatic nitrogens is 2. The zero-order valence-electron chi connectivity index (χ0n) is 8.37.